The Labute approximate surface area is 91.4 Å². The highest BCUT2D eigenvalue weighted by atomic mass is 31.2. The molecule has 0 aromatic heterocycles. The van der Waals surface area contributed by atoms with Gasteiger partial charge in [0, 0.05) is 5.92 Å². The van der Waals surface area contributed by atoms with Crippen LogP contribution in [0.5, 0.6) is 5.75 Å². The van der Waals surface area contributed by atoms with Gasteiger partial charge in [-0.15, -0.1) is 0 Å². The first-order chi connectivity index (χ1) is 7.38. The van der Waals surface area contributed by atoms with Crippen molar-refractivity contribution in [3.8, 4) is 5.75 Å². The van der Waals surface area contributed by atoms with Crippen LogP contribution in [-0.4, -0.2) is 13.2 Å². The molecular weight excluding hydrogens is 211 g/mol. The van der Waals surface area contributed by atoms with E-state index in [1.165, 1.54) is 0 Å². The quantitative estimate of drug-likeness (QED) is 0.739. The van der Waals surface area contributed by atoms with E-state index in [9.17, 15) is 0 Å². The molecule has 2 rings (SSSR count). The average Bonchev–Trinajstić information content (AvgIpc) is 2.31. The van der Waals surface area contributed by atoms with Gasteiger partial charge in [0.05, 0.1) is 13.2 Å². The Hall–Kier alpha value is -0.630. The Kier molecular flexibility index (Phi) is 3.95. The van der Waals surface area contributed by atoms with Crippen LogP contribution in [0.15, 0.2) is 30.3 Å². The van der Waals surface area contributed by atoms with Gasteiger partial charge in [0.15, 0.2) is 0 Å². The zero-order valence-corrected chi connectivity index (χ0v) is 9.65. The maximum Gasteiger partial charge on any atom is 0.397 e. The Bertz CT molecular complexity index is 283. The fourth-order valence-corrected chi connectivity index (χ4v) is 2.41. The van der Waals surface area contributed by atoms with Crippen molar-refractivity contribution in [2.45, 2.75) is 13.3 Å². The molecule has 15 heavy (non-hydrogen) atoms. The highest BCUT2D eigenvalue weighted by Crippen LogP contribution is 2.44. The predicted molar refractivity (Wildman–Crippen MR) is 59.7 cm³/mol. The minimum Gasteiger partial charge on any atom is -0.427 e. The minimum absolute atomic E-state index is 0.517. The average molecular weight is 226 g/mol. The molecule has 82 valence electrons. The number of hydrogen-bond acceptors (Lipinski definition) is 3. The highest BCUT2D eigenvalue weighted by Gasteiger charge is 2.24. The van der Waals surface area contributed by atoms with E-state index in [0.717, 1.165) is 25.4 Å². The molecule has 0 bridgehead atoms. The SMILES string of the molecule is CCC1COP(Oc2ccccc2)OC1. The lowest BCUT2D eigenvalue weighted by Crippen LogP contribution is -2.20. The van der Waals surface area contributed by atoms with Crippen molar-refractivity contribution >= 4 is 8.60 Å². The predicted octanol–water partition coefficient (Wildman–Crippen LogP) is 3.37. The van der Waals surface area contributed by atoms with Gasteiger partial charge in [-0.3, -0.25) is 0 Å². The Morgan fingerprint density at radius 2 is 1.93 bits per heavy atom. The second kappa shape index (κ2) is 5.45. The van der Waals surface area contributed by atoms with E-state index >= 15 is 0 Å². The van der Waals surface area contributed by atoms with Gasteiger partial charge in [0.25, 0.3) is 0 Å². The smallest absolute Gasteiger partial charge is 0.397 e. The van der Waals surface area contributed by atoms with Crippen LogP contribution in [0.3, 0.4) is 0 Å². The van der Waals surface area contributed by atoms with Crippen molar-refractivity contribution < 1.29 is 13.6 Å². The third kappa shape index (κ3) is 3.16. The van der Waals surface area contributed by atoms with Gasteiger partial charge in [-0.1, -0.05) is 25.1 Å². The van der Waals surface area contributed by atoms with E-state index in [1.807, 2.05) is 30.3 Å². The normalized spacial score (nSPS) is 26.2. The zero-order valence-electron chi connectivity index (χ0n) is 8.76. The molecule has 1 aliphatic heterocycles. The lowest BCUT2D eigenvalue weighted by atomic mass is 10.1. The maximum atomic E-state index is 5.57. The zero-order chi connectivity index (χ0) is 10.5. The molecule has 0 N–H and O–H groups in total. The van der Waals surface area contributed by atoms with Crippen molar-refractivity contribution in [3.05, 3.63) is 30.3 Å². The van der Waals surface area contributed by atoms with E-state index in [0.29, 0.717) is 5.92 Å². The monoisotopic (exact) mass is 226 g/mol. The topological polar surface area (TPSA) is 27.7 Å². The summed E-state index contributed by atoms with van der Waals surface area (Å²) in [5, 5.41) is 0. The summed E-state index contributed by atoms with van der Waals surface area (Å²) in [6.07, 6.45) is 1.09. The molecular formula is C11H15O3P. The number of hydrogen-bond donors (Lipinski definition) is 0. The largest absolute Gasteiger partial charge is 0.427 e. The van der Waals surface area contributed by atoms with Crippen LogP contribution in [0.1, 0.15) is 13.3 Å². The molecule has 1 aromatic carbocycles. The molecule has 4 heteroatoms. The first-order valence-electron chi connectivity index (χ1n) is 5.17. The van der Waals surface area contributed by atoms with Crippen LogP contribution >= 0.6 is 8.60 Å². The summed E-state index contributed by atoms with van der Waals surface area (Å²) < 4.78 is 16.6. The summed E-state index contributed by atoms with van der Waals surface area (Å²) in [6.45, 7) is 3.63. The molecule has 0 amide bonds. The van der Waals surface area contributed by atoms with E-state index in [4.69, 9.17) is 13.6 Å². The lowest BCUT2D eigenvalue weighted by molar-refractivity contribution is 0.0921. The highest BCUT2D eigenvalue weighted by molar-refractivity contribution is 7.42. The van der Waals surface area contributed by atoms with Crippen molar-refractivity contribution in [1.29, 1.82) is 0 Å². The fourth-order valence-electron chi connectivity index (χ4n) is 1.27. The summed E-state index contributed by atoms with van der Waals surface area (Å²) in [4.78, 5) is 0. The van der Waals surface area contributed by atoms with Crippen molar-refractivity contribution in [3.63, 3.8) is 0 Å². The van der Waals surface area contributed by atoms with Gasteiger partial charge < -0.3 is 13.6 Å². The molecule has 0 radical (unpaired) electrons. The van der Waals surface area contributed by atoms with Gasteiger partial charge in [-0.05, 0) is 18.6 Å². The second-order valence-corrected chi connectivity index (χ2v) is 4.64. The van der Waals surface area contributed by atoms with E-state index in [2.05, 4.69) is 6.92 Å². The first kappa shape index (κ1) is 10.9. The molecule has 1 saturated heterocycles. The molecule has 1 fully saturated rings. The number of benzene rings is 1. The molecule has 0 unspecified atom stereocenters. The van der Waals surface area contributed by atoms with Crippen LogP contribution < -0.4 is 4.52 Å². The van der Waals surface area contributed by atoms with Gasteiger partial charge in [0.1, 0.15) is 5.75 Å². The van der Waals surface area contributed by atoms with Gasteiger partial charge in [-0.25, -0.2) is 0 Å². The minimum atomic E-state index is -1.18. The molecule has 1 aliphatic rings. The van der Waals surface area contributed by atoms with Crippen LogP contribution in [0.2, 0.25) is 0 Å². The Morgan fingerprint density at radius 3 is 2.53 bits per heavy atom. The summed E-state index contributed by atoms with van der Waals surface area (Å²) in [6, 6.07) is 9.63. The molecule has 3 nitrogen and oxygen atoms in total. The van der Waals surface area contributed by atoms with Gasteiger partial charge in [0.2, 0.25) is 0 Å². The molecule has 0 spiro atoms. The number of para-hydroxylation sites is 1. The molecule has 0 aliphatic carbocycles. The lowest BCUT2D eigenvalue weighted by Gasteiger charge is -2.26. The maximum absolute atomic E-state index is 5.57. The summed E-state index contributed by atoms with van der Waals surface area (Å²) in [5.41, 5.74) is 0. The van der Waals surface area contributed by atoms with Gasteiger partial charge in [-0.2, -0.15) is 0 Å². The van der Waals surface area contributed by atoms with Gasteiger partial charge >= 0.3 is 8.60 Å². The van der Waals surface area contributed by atoms with Crippen molar-refractivity contribution in [2.75, 3.05) is 13.2 Å². The molecule has 0 atom stereocenters. The third-order valence-electron chi connectivity index (χ3n) is 2.33. The van der Waals surface area contributed by atoms with Crippen LogP contribution in [-0.2, 0) is 9.05 Å². The molecule has 0 saturated carbocycles. The summed E-state index contributed by atoms with van der Waals surface area (Å²) >= 11 is 0. The third-order valence-corrected chi connectivity index (χ3v) is 3.41. The van der Waals surface area contributed by atoms with E-state index in [1.54, 1.807) is 0 Å². The molecule has 1 aromatic rings. The second-order valence-electron chi connectivity index (χ2n) is 3.49. The van der Waals surface area contributed by atoms with Crippen molar-refractivity contribution in [1.82, 2.24) is 0 Å². The van der Waals surface area contributed by atoms with Crippen LogP contribution in [0.25, 0.3) is 0 Å². The van der Waals surface area contributed by atoms with Crippen molar-refractivity contribution in [2.24, 2.45) is 5.92 Å². The molecule has 1 heterocycles. The van der Waals surface area contributed by atoms with E-state index < -0.39 is 8.60 Å². The fraction of sp³-hybridized carbons (Fsp3) is 0.455. The first-order valence-corrected chi connectivity index (χ1v) is 6.27. The Balaban J connectivity index is 1.82. The van der Waals surface area contributed by atoms with Crippen LogP contribution in [0, 0.1) is 5.92 Å². The summed E-state index contributed by atoms with van der Waals surface area (Å²) in [5.74, 6) is 1.32. The number of rotatable bonds is 3. The van der Waals surface area contributed by atoms with E-state index in [-0.39, 0.29) is 0 Å². The summed E-state index contributed by atoms with van der Waals surface area (Å²) in [7, 11) is -1.18. The standard InChI is InChI=1S/C11H15O3P/c1-2-10-8-12-15(13-9-10)14-11-6-4-3-5-7-11/h3-7,10H,2,8-9H2,1H3. The van der Waals surface area contributed by atoms with Crippen LogP contribution in [0.4, 0.5) is 0 Å². The Morgan fingerprint density at radius 1 is 1.27 bits per heavy atom.